The van der Waals surface area contributed by atoms with E-state index in [1.807, 2.05) is 30.0 Å². The summed E-state index contributed by atoms with van der Waals surface area (Å²) in [6, 6.07) is 12.8. The van der Waals surface area contributed by atoms with Crippen LogP contribution in [0.5, 0.6) is 11.5 Å². The van der Waals surface area contributed by atoms with Crippen LogP contribution in [0.3, 0.4) is 0 Å². The van der Waals surface area contributed by atoms with Crippen LogP contribution in [0.1, 0.15) is 47.2 Å². The van der Waals surface area contributed by atoms with Crippen LogP contribution in [0.2, 0.25) is 0 Å². The fourth-order valence-corrected chi connectivity index (χ4v) is 6.49. The molecule has 4 aromatic rings. The highest BCUT2D eigenvalue weighted by atomic mass is 19.4. The summed E-state index contributed by atoms with van der Waals surface area (Å²) in [6.07, 6.45) is -2.19. The van der Waals surface area contributed by atoms with Crippen LogP contribution in [0.25, 0.3) is 11.0 Å². The molecule has 13 heteroatoms. The number of fused-ring (bicyclic) bond motifs is 2. The van der Waals surface area contributed by atoms with Crippen LogP contribution in [-0.4, -0.2) is 86.8 Å². The minimum atomic E-state index is -4.58. The number of rotatable bonds is 9. The molecule has 10 nitrogen and oxygen atoms in total. The molecule has 2 aliphatic heterocycles. The van der Waals surface area contributed by atoms with Gasteiger partial charge in [0.15, 0.2) is 0 Å². The highest BCUT2D eigenvalue weighted by molar-refractivity contribution is 5.90. The molecule has 2 aromatic heterocycles. The third-order valence-corrected chi connectivity index (χ3v) is 9.02. The number of carbonyl (C=O) groups is 1. The Bertz CT molecular complexity index is 1720. The second-order valence-corrected chi connectivity index (χ2v) is 12.1. The summed E-state index contributed by atoms with van der Waals surface area (Å²) in [5.41, 5.74) is 2.71. The summed E-state index contributed by atoms with van der Waals surface area (Å²) < 4.78 is 48.8. The molecule has 1 atom stereocenters. The number of aromatic amines is 1. The van der Waals surface area contributed by atoms with Gasteiger partial charge in [0.1, 0.15) is 17.1 Å². The van der Waals surface area contributed by atoms with E-state index in [9.17, 15) is 23.1 Å². The number of urea groups is 1. The summed E-state index contributed by atoms with van der Waals surface area (Å²) in [7, 11) is 0. The number of H-pyrrole nitrogens is 1. The molecule has 0 aliphatic carbocycles. The number of halogens is 3. The summed E-state index contributed by atoms with van der Waals surface area (Å²) in [6.45, 7) is 5.95. The lowest BCUT2D eigenvalue weighted by Gasteiger charge is -2.35. The Hall–Kier alpha value is -4.17. The second-order valence-electron chi connectivity index (χ2n) is 12.1. The number of anilines is 1. The Balaban J connectivity index is 1.16. The first-order valence-corrected chi connectivity index (χ1v) is 15.8. The molecule has 4 heterocycles. The predicted molar refractivity (Wildman–Crippen MR) is 171 cm³/mol. The molecule has 0 unspecified atom stereocenters. The van der Waals surface area contributed by atoms with Gasteiger partial charge in [-0.3, -0.25) is 9.80 Å². The fourth-order valence-electron chi connectivity index (χ4n) is 6.49. The highest BCUT2D eigenvalue weighted by Gasteiger charge is 2.35. The van der Waals surface area contributed by atoms with E-state index in [1.165, 1.54) is 12.1 Å². The SMILES string of the molecule is CC[C@@H]1CN(C(=O)Nc2ccc(CN3CCN(CCO)CC3)c(C(F)(F)F)c2)Cc2cc(Oc3ccnc4[nH]c(CO)cc34)ccc21. The Kier molecular flexibility index (Phi) is 9.69. The molecule has 1 saturated heterocycles. The molecule has 0 bridgehead atoms. The lowest BCUT2D eigenvalue weighted by atomic mass is 9.88. The zero-order valence-corrected chi connectivity index (χ0v) is 26.2. The van der Waals surface area contributed by atoms with Gasteiger partial charge in [0, 0.05) is 75.9 Å². The van der Waals surface area contributed by atoms with Gasteiger partial charge in [0.2, 0.25) is 0 Å². The van der Waals surface area contributed by atoms with Crippen molar-refractivity contribution in [1.29, 1.82) is 0 Å². The van der Waals surface area contributed by atoms with E-state index < -0.39 is 17.8 Å². The molecule has 0 radical (unpaired) electrons. The number of alkyl halides is 3. The molecule has 47 heavy (non-hydrogen) atoms. The quantitative estimate of drug-likeness (QED) is 0.188. The number of benzene rings is 2. The van der Waals surface area contributed by atoms with Gasteiger partial charge < -0.3 is 30.2 Å². The van der Waals surface area contributed by atoms with Crippen molar-refractivity contribution in [3.05, 3.63) is 82.7 Å². The molecule has 2 aromatic carbocycles. The van der Waals surface area contributed by atoms with Gasteiger partial charge in [0.25, 0.3) is 0 Å². The van der Waals surface area contributed by atoms with Gasteiger partial charge >= 0.3 is 12.2 Å². The number of hydrogen-bond acceptors (Lipinski definition) is 7. The first-order valence-electron chi connectivity index (χ1n) is 15.8. The molecule has 0 saturated carbocycles. The van der Waals surface area contributed by atoms with Crippen LogP contribution >= 0.6 is 0 Å². The van der Waals surface area contributed by atoms with E-state index in [0.717, 1.165) is 29.0 Å². The van der Waals surface area contributed by atoms with Crippen LogP contribution < -0.4 is 10.1 Å². The molecule has 6 rings (SSSR count). The van der Waals surface area contributed by atoms with Gasteiger partial charge in [-0.2, -0.15) is 13.2 Å². The first-order chi connectivity index (χ1) is 22.6. The van der Waals surface area contributed by atoms with E-state index >= 15 is 0 Å². The average Bonchev–Trinajstić information content (AvgIpc) is 3.50. The van der Waals surface area contributed by atoms with Gasteiger partial charge in [-0.25, -0.2) is 9.78 Å². The van der Waals surface area contributed by atoms with Crippen molar-refractivity contribution >= 4 is 22.8 Å². The van der Waals surface area contributed by atoms with E-state index in [2.05, 4.69) is 20.2 Å². The summed E-state index contributed by atoms with van der Waals surface area (Å²) in [5, 5.41) is 22.1. The maximum Gasteiger partial charge on any atom is 0.416 e. The molecule has 250 valence electrons. The molecular weight excluding hydrogens is 613 g/mol. The summed E-state index contributed by atoms with van der Waals surface area (Å²) in [4.78, 5) is 26.5. The number of aliphatic hydroxyl groups is 2. The Labute approximate surface area is 270 Å². The number of ether oxygens (including phenoxy) is 1. The number of nitrogens with one attached hydrogen (secondary N) is 2. The van der Waals surface area contributed by atoms with Crippen LogP contribution in [-0.2, 0) is 25.9 Å². The van der Waals surface area contributed by atoms with Crippen molar-refractivity contribution in [2.75, 3.05) is 51.2 Å². The standard InChI is InChI=1S/C34H39F3N6O4/c1-2-22-19-43(20-24-15-27(5-6-28(22)24)47-31-7-8-38-32-29(31)16-26(21-45)39-32)33(46)40-25-4-3-23(30(17-25)34(35,36)37)18-42-11-9-41(10-12-42)13-14-44/h3-8,15-17,22,44-45H,2,9-14,18-21H2,1H3,(H,38,39)(H,40,46)/t22-/m1/s1. The number of carbonyl (C=O) groups excluding carboxylic acids is 1. The average molecular weight is 653 g/mol. The number of nitrogens with zero attached hydrogens (tertiary/aromatic N) is 4. The number of amides is 2. The molecule has 4 N–H and O–H groups in total. The predicted octanol–water partition coefficient (Wildman–Crippen LogP) is 5.52. The lowest BCUT2D eigenvalue weighted by molar-refractivity contribution is -0.138. The van der Waals surface area contributed by atoms with Crippen molar-refractivity contribution in [2.24, 2.45) is 0 Å². The topological polar surface area (TPSA) is 117 Å². The maximum atomic E-state index is 14.2. The van der Waals surface area contributed by atoms with Crippen LogP contribution in [0.15, 0.2) is 54.7 Å². The second kappa shape index (κ2) is 13.9. The largest absolute Gasteiger partial charge is 0.457 e. The molecule has 0 spiro atoms. The Morgan fingerprint density at radius 2 is 1.85 bits per heavy atom. The van der Waals surface area contributed by atoms with Crippen molar-refractivity contribution < 1.29 is 32.9 Å². The lowest BCUT2D eigenvalue weighted by Crippen LogP contribution is -2.46. The van der Waals surface area contributed by atoms with Gasteiger partial charge in [-0.05, 0) is 59.5 Å². The molecular formula is C34H39F3N6O4. The zero-order chi connectivity index (χ0) is 33.1. The summed E-state index contributed by atoms with van der Waals surface area (Å²) >= 11 is 0. The van der Waals surface area contributed by atoms with E-state index in [0.29, 0.717) is 62.1 Å². The Morgan fingerprint density at radius 1 is 1.06 bits per heavy atom. The minimum absolute atomic E-state index is 0.0499. The van der Waals surface area contributed by atoms with Crippen molar-refractivity contribution in [3.63, 3.8) is 0 Å². The third-order valence-electron chi connectivity index (χ3n) is 9.02. The monoisotopic (exact) mass is 652 g/mol. The first kappa shape index (κ1) is 32.8. The molecule has 1 fully saturated rings. The Morgan fingerprint density at radius 3 is 2.57 bits per heavy atom. The maximum absolute atomic E-state index is 14.2. The van der Waals surface area contributed by atoms with Crippen molar-refractivity contribution in [2.45, 2.75) is 45.1 Å². The number of β-amino-alcohol motifs (C(OH)–C–C–N with tert-alkyl or cyclic N) is 1. The van der Waals surface area contributed by atoms with E-state index in [4.69, 9.17) is 9.84 Å². The number of hydrogen-bond donors (Lipinski definition) is 4. The summed E-state index contributed by atoms with van der Waals surface area (Å²) in [5.74, 6) is 1.19. The van der Waals surface area contributed by atoms with Gasteiger partial charge in [-0.1, -0.05) is 19.1 Å². The van der Waals surface area contributed by atoms with E-state index in [1.54, 1.807) is 23.2 Å². The number of aliphatic hydroxyl groups excluding tert-OH is 2. The fraction of sp³-hybridized carbons (Fsp3) is 0.412. The van der Waals surface area contributed by atoms with Gasteiger partial charge in [-0.15, -0.1) is 0 Å². The van der Waals surface area contributed by atoms with Crippen LogP contribution in [0, 0.1) is 0 Å². The van der Waals surface area contributed by atoms with E-state index in [-0.39, 0.29) is 43.5 Å². The number of piperazine rings is 1. The molecule has 2 aliphatic rings. The highest BCUT2D eigenvalue weighted by Crippen LogP contribution is 2.37. The number of aromatic nitrogens is 2. The van der Waals surface area contributed by atoms with Gasteiger partial charge in [0.05, 0.1) is 24.2 Å². The zero-order valence-electron chi connectivity index (χ0n) is 26.2. The van der Waals surface area contributed by atoms with Crippen LogP contribution in [0.4, 0.5) is 23.7 Å². The van der Waals surface area contributed by atoms with Crippen molar-refractivity contribution in [3.8, 4) is 11.5 Å². The normalized spacial score (nSPS) is 17.6. The molecule has 2 amide bonds. The minimum Gasteiger partial charge on any atom is -0.457 e. The van der Waals surface area contributed by atoms with Crippen molar-refractivity contribution in [1.82, 2.24) is 24.7 Å². The smallest absolute Gasteiger partial charge is 0.416 e. The number of pyridine rings is 1. The third kappa shape index (κ3) is 7.38.